The molecule has 1 aromatic carbocycles. The third-order valence-corrected chi connectivity index (χ3v) is 4.47. The average molecular weight is 282 g/mol. The number of hydrogen-bond donors (Lipinski definition) is 1. The number of rotatable bonds is 5. The molecule has 0 unspecified atom stereocenters. The molecule has 6 heteroatoms. The molecule has 2 aromatic rings. The number of nitrogens with one attached hydrogen (secondary N) is 1. The molecule has 0 amide bonds. The van der Waals surface area contributed by atoms with Crippen LogP contribution in [0.4, 0.5) is 0 Å². The van der Waals surface area contributed by atoms with E-state index in [-0.39, 0.29) is 12.3 Å². The van der Waals surface area contributed by atoms with Gasteiger partial charge in [0.25, 0.3) is 0 Å². The van der Waals surface area contributed by atoms with E-state index in [0.29, 0.717) is 0 Å². The summed E-state index contributed by atoms with van der Waals surface area (Å²) in [6.45, 7) is 2.16. The Hall–Kier alpha value is -1.24. The van der Waals surface area contributed by atoms with Gasteiger partial charge in [-0.1, -0.05) is 24.3 Å². The van der Waals surface area contributed by atoms with Crippen LogP contribution < -0.4 is 4.72 Å². The van der Waals surface area contributed by atoms with Crippen molar-refractivity contribution in [1.29, 1.82) is 0 Å². The minimum absolute atomic E-state index is 0.00378. The third kappa shape index (κ3) is 3.63. The standard InChI is InChI=1S/C12H14N2O2S2/c1-10-4-2-3-5-11(10)8-18(15,16)14-6-12-7-17-9-13-12/h2-5,7,9,14H,6,8H2,1H3. The fourth-order valence-corrected chi connectivity index (χ4v) is 3.30. The van der Waals surface area contributed by atoms with Crippen LogP contribution in [0.5, 0.6) is 0 Å². The molecule has 0 atom stereocenters. The maximum atomic E-state index is 11.9. The summed E-state index contributed by atoms with van der Waals surface area (Å²) in [5.41, 5.74) is 4.23. The van der Waals surface area contributed by atoms with Crippen LogP contribution in [0.2, 0.25) is 0 Å². The second-order valence-corrected chi connectivity index (χ2v) is 6.51. The monoisotopic (exact) mass is 282 g/mol. The summed E-state index contributed by atoms with van der Waals surface area (Å²) >= 11 is 1.45. The van der Waals surface area contributed by atoms with Gasteiger partial charge < -0.3 is 0 Å². The molecule has 0 bridgehead atoms. The first-order chi connectivity index (χ1) is 8.57. The topological polar surface area (TPSA) is 59.1 Å². The van der Waals surface area contributed by atoms with E-state index >= 15 is 0 Å². The molecule has 0 aliphatic rings. The Bertz CT molecular complexity index is 607. The molecule has 0 spiro atoms. The average Bonchev–Trinajstić information content (AvgIpc) is 2.83. The zero-order valence-corrected chi connectivity index (χ0v) is 11.6. The number of thiazole rings is 1. The number of sulfonamides is 1. The van der Waals surface area contributed by atoms with Crippen molar-refractivity contribution >= 4 is 21.4 Å². The summed E-state index contributed by atoms with van der Waals surface area (Å²) in [6.07, 6.45) is 0. The van der Waals surface area contributed by atoms with Crippen LogP contribution in [0.3, 0.4) is 0 Å². The molecule has 0 saturated heterocycles. The van der Waals surface area contributed by atoms with Gasteiger partial charge in [-0.25, -0.2) is 18.1 Å². The highest BCUT2D eigenvalue weighted by Gasteiger charge is 2.12. The van der Waals surface area contributed by atoms with Crippen molar-refractivity contribution in [3.63, 3.8) is 0 Å². The summed E-state index contributed by atoms with van der Waals surface area (Å²) in [5.74, 6) is 0.00378. The van der Waals surface area contributed by atoms with E-state index in [2.05, 4.69) is 9.71 Å². The number of aryl methyl sites for hydroxylation is 1. The summed E-state index contributed by atoms with van der Waals surface area (Å²) in [6, 6.07) is 7.48. The van der Waals surface area contributed by atoms with Crippen molar-refractivity contribution in [3.05, 3.63) is 52.0 Å². The summed E-state index contributed by atoms with van der Waals surface area (Å²) in [5, 5.41) is 1.83. The van der Waals surface area contributed by atoms with E-state index in [9.17, 15) is 8.42 Å². The van der Waals surface area contributed by atoms with Gasteiger partial charge in [-0.15, -0.1) is 11.3 Å². The molecule has 0 aliphatic heterocycles. The largest absolute Gasteiger partial charge is 0.248 e. The molecule has 1 aromatic heterocycles. The van der Waals surface area contributed by atoms with Gasteiger partial charge in [0.2, 0.25) is 10.0 Å². The number of aromatic nitrogens is 1. The van der Waals surface area contributed by atoms with Crippen LogP contribution in [0.1, 0.15) is 16.8 Å². The van der Waals surface area contributed by atoms with Gasteiger partial charge in [0.15, 0.2) is 0 Å². The van der Waals surface area contributed by atoms with Gasteiger partial charge >= 0.3 is 0 Å². The zero-order chi connectivity index (χ0) is 13.0. The lowest BCUT2D eigenvalue weighted by Crippen LogP contribution is -2.25. The third-order valence-electron chi connectivity index (χ3n) is 2.56. The van der Waals surface area contributed by atoms with E-state index in [4.69, 9.17) is 0 Å². The number of hydrogen-bond acceptors (Lipinski definition) is 4. The first kappa shape index (κ1) is 13.2. The SMILES string of the molecule is Cc1ccccc1CS(=O)(=O)NCc1cscn1. The quantitative estimate of drug-likeness (QED) is 0.913. The Morgan fingerprint density at radius 2 is 2.11 bits per heavy atom. The highest BCUT2D eigenvalue weighted by molar-refractivity contribution is 7.88. The first-order valence-corrected chi connectivity index (χ1v) is 8.05. The smallest absolute Gasteiger partial charge is 0.216 e. The van der Waals surface area contributed by atoms with Crippen molar-refractivity contribution in [2.45, 2.75) is 19.2 Å². The molecular weight excluding hydrogens is 268 g/mol. The molecule has 1 heterocycles. The van der Waals surface area contributed by atoms with Crippen LogP contribution >= 0.6 is 11.3 Å². The lowest BCUT2D eigenvalue weighted by molar-refractivity contribution is 0.579. The molecule has 0 aliphatic carbocycles. The molecular formula is C12H14N2O2S2. The summed E-state index contributed by atoms with van der Waals surface area (Å²) < 4.78 is 26.4. The van der Waals surface area contributed by atoms with Gasteiger partial charge in [-0.2, -0.15) is 0 Å². The van der Waals surface area contributed by atoms with Crippen LogP contribution in [0, 0.1) is 6.92 Å². The predicted octanol–water partition coefficient (Wildman–Crippen LogP) is 2.07. The molecule has 0 fully saturated rings. The van der Waals surface area contributed by atoms with Crippen LogP contribution in [-0.4, -0.2) is 13.4 Å². The van der Waals surface area contributed by atoms with E-state index in [1.165, 1.54) is 11.3 Å². The Kier molecular flexibility index (Phi) is 4.11. The van der Waals surface area contributed by atoms with Crippen molar-refractivity contribution in [3.8, 4) is 0 Å². The minimum atomic E-state index is -3.32. The zero-order valence-electron chi connectivity index (χ0n) is 9.96. The molecule has 4 nitrogen and oxygen atoms in total. The van der Waals surface area contributed by atoms with Gasteiger partial charge in [-0.05, 0) is 18.1 Å². The fourth-order valence-electron chi connectivity index (χ4n) is 1.54. The normalized spacial score (nSPS) is 11.6. The molecule has 1 N–H and O–H groups in total. The highest BCUT2D eigenvalue weighted by Crippen LogP contribution is 2.11. The van der Waals surface area contributed by atoms with Gasteiger partial charge in [-0.3, -0.25) is 0 Å². The second kappa shape index (κ2) is 5.60. The molecule has 0 radical (unpaired) electrons. The Labute approximate surface area is 111 Å². The van der Waals surface area contributed by atoms with E-state index in [1.807, 2.05) is 36.6 Å². The van der Waals surface area contributed by atoms with E-state index in [1.54, 1.807) is 5.51 Å². The maximum absolute atomic E-state index is 11.9. The van der Waals surface area contributed by atoms with Gasteiger partial charge in [0, 0.05) is 5.38 Å². The molecule has 96 valence electrons. The first-order valence-electron chi connectivity index (χ1n) is 5.46. The number of benzene rings is 1. The van der Waals surface area contributed by atoms with Gasteiger partial charge in [0.05, 0.1) is 23.5 Å². The van der Waals surface area contributed by atoms with Crippen molar-refractivity contribution in [2.75, 3.05) is 0 Å². The number of nitrogens with zero attached hydrogens (tertiary/aromatic N) is 1. The Morgan fingerprint density at radius 3 is 2.78 bits per heavy atom. The summed E-state index contributed by atoms with van der Waals surface area (Å²) in [4.78, 5) is 4.04. The van der Waals surface area contributed by atoms with Crippen LogP contribution in [0.25, 0.3) is 0 Å². The minimum Gasteiger partial charge on any atom is -0.248 e. The predicted molar refractivity (Wildman–Crippen MR) is 72.8 cm³/mol. The van der Waals surface area contributed by atoms with Crippen molar-refractivity contribution in [2.24, 2.45) is 0 Å². The van der Waals surface area contributed by atoms with Crippen molar-refractivity contribution < 1.29 is 8.42 Å². The van der Waals surface area contributed by atoms with Crippen LogP contribution in [0.15, 0.2) is 35.2 Å². The lowest BCUT2D eigenvalue weighted by Gasteiger charge is -2.07. The van der Waals surface area contributed by atoms with Gasteiger partial charge in [0.1, 0.15) is 0 Å². The molecule has 18 heavy (non-hydrogen) atoms. The molecule has 0 saturated carbocycles. The van der Waals surface area contributed by atoms with Crippen molar-refractivity contribution in [1.82, 2.24) is 9.71 Å². The summed E-state index contributed by atoms with van der Waals surface area (Å²) in [7, 11) is -3.32. The lowest BCUT2D eigenvalue weighted by atomic mass is 10.1. The second-order valence-electron chi connectivity index (χ2n) is 3.99. The Balaban J connectivity index is 2.02. The van der Waals surface area contributed by atoms with Crippen LogP contribution in [-0.2, 0) is 22.3 Å². The van der Waals surface area contributed by atoms with E-state index < -0.39 is 10.0 Å². The fraction of sp³-hybridized carbons (Fsp3) is 0.250. The maximum Gasteiger partial charge on any atom is 0.216 e. The van der Waals surface area contributed by atoms with E-state index in [0.717, 1.165) is 16.8 Å². The Morgan fingerprint density at radius 1 is 1.33 bits per heavy atom. The molecule has 2 rings (SSSR count). The highest BCUT2D eigenvalue weighted by atomic mass is 32.2.